The summed E-state index contributed by atoms with van der Waals surface area (Å²) in [4.78, 5) is 0. The maximum atomic E-state index is 11.4. The molecule has 0 bridgehead atoms. The topological polar surface area (TPSA) is 75.4 Å². The molecule has 0 atom stereocenters. The number of hydrogen-bond acceptors (Lipinski definition) is 3. The molecule has 0 heterocycles. The lowest BCUT2D eigenvalue weighted by atomic mass is 10.4. The number of rotatable bonds is 6. The summed E-state index contributed by atoms with van der Waals surface area (Å²) in [5.74, 6) is 0. The van der Waals surface area contributed by atoms with E-state index in [0.717, 1.165) is 0 Å². The van der Waals surface area contributed by atoms with Crippen molar-refractivity contribution in [3.63, 3.8) is 0 Å². The molecule has 0 aromatic heterocycles. The minimum Gasteiger partial charge on any atom is -0.330 e. The molecule has 0 saturated heterocycles. The van der Waals surface area contributed by atoms with Gasteiger partial charge in [-0.05, 0) is 26.8 Å². The molecule has 0 aromatic carbocycles. The Kier molecular flexibility index (Phi) is 5.46. The van der Waals surface area contributed by atoms with Crippen molar-refractivity contribution >= 4 is 10.2 Å². The Morgan fingerprint density at radius 3 is 2.38 bits per heavy atom. The van der Waals surface area contributed by atoms with Gasteiger partial charge in [0.2, 0.25) is 0 Å². The van der Waals surface area contributed by atoms with E-state index in [1.54, 1.807) is 20.9 Å². The average molecular weight is 209 g/mol. The van der Waals surface area contributed by atoms with Crippen LogP contribution in [0.15, 0.2) is 0 Å². The predicted molar refractivity (Wildman–Crippen MR) is 53.5 cm³/mol. The maximum absolute atomic E-state index is 11.4. The van der Waals surface area contributed by atoms with Crippen molar-refractivity contribution in [3.05, 3.63) is 0 Å². The van der Waals surface area contributed by atoms with Crippen LogP contribution in [0, 0.1) is 0 Å². The van der Waals surface area contributed by atoms with Gasteiger partial charge in [0.05, 0.1) is 0 Å². The molecule has 0 spiro atoms. The third kappa shape index (κ3) is 5.20. The van der Waals surface area contributed by atoms with Crippen molar-refractivity contribution < 1.29 is 8.42 Å². The van der Waals surface area contributed by atoms with Crippen molar-refractivity contribution in [3.8, 4) is 0 Å². The quantitative estimate of drug-likeness (QED) is 0.620. The van der Waals surface area contributed by atoms with Gasteiger partial charge >= 0.3 is 0 Å². The van der Waals surface area contributed by atoms with Gasteiger partial charge < -0.3 is 5.73 Å². The summed E-state index contributed by atoms with van der Waals surface area (Å²) in [6.45, 7) is 4.53. The van der Waals surface area contributed by atoms with Crippen molar-refractivity contribution in [1.29, 1.82) is 0 Å². The first-order valence-electron chi connectivity index (χ1n) is 4.34. The molecule has 0 rings (SSSR count). The molecule has 0 aliphatic heterocycles. The Hall–Kier alpha value is -0.170. The van der Waals surface area contributed by atoms with Crippen LogP contribution in [0.3, 0.4) is 0 Å². The molecule has 6 heteroatoms. The lowest BCUT2D eigenvalue weighted by molar-refractivity contribution is 0.447. The standard InChI is InChI=1S/C7H19N3O2S/c1-7(2)9-13(11,12)10(3)6-4-5-8/h7,9H,4-6,8H2,1-3H3. The van der Waals surface area contributed by atoms with Crippen LogP contribution in [-0.2, 0) is 10.2 Å². The highest BCUT2D eigenvalue weighted by molar-refractivity contribution is 7.87. The second-order valence-electron chi connectivity index (χ2n) is 3.24. The Morgan fingerprint density at radius 2 is 2.00 bits per heavy atom. The van der Waals surface area contributed by atoms with Crippen LogP contribution in [0.25, 0.3) is 0 Å². The van der Waals surface area contributed by atoms with Crippen LogP contribution in [0.5, 0.6) is 0 Å². The highest BCUT2D eigenvalue weighted by atomic mass is 32.2. The van der Waals surface area contributed by atoms with Gasteiger partial charge in [-0.15, -0.1) is 0 Å². The molecule has 80 valence electrons. The summed E-state index contributed by atoms with van der Waals surface area (Å²) in [5.41, 5.74) is 5.28. The highest BCUT2D eigenvalue weighted by Gasteiger charge is 2.17. The molecule has 0 amide bonds. The molecule has 0 saturated carbocycles. The third-order valence-electron chi connectivity index (χ3n) is 1.47. The van der Waals surface area contributed by atoms with Gasteiger partial charge in [0.25, 0.3) is 10.2 Å². The number of nitrogens with two attached hydrogens (primary N) is 1. The monoisotopic (exact) mass is 209 g/mol. The van der Waals surface area contributed by atoms with E-state index in [9.17, 15) is 8.42 Å². The molecule has 0 aliphatic rings. The van der Waals surface area contributed by atoms with Crippen LogP contribution in [0.1, 0.15) is 20.3 Å². The zero-order chi connectivity index (χ0) is 10.5. The molecule has 3 N–H and O–H groups in total. The first kappa shape index (κ1) is 12.8. The Labute approximate surface area is 80.5 Å². The Bertz CT molecular complexity index is 226. The van der Waals surface area contributed by atoms with Crippen molar-refractivity contribution in [2.45, 2.75) is 26.3 Å². The van der Waals surface area contributed by atoms with Crippen LogP contribution in [-0.4, -0.2) is 38.9 Å². The van der Waals surface area contributed by atoms with E-state index in [1.165, 1.54) is 4.31 Å². The molecule has 0 unspecified atom stereocenters. The summed E-state index contributed by atoms with van der Waals surface area (Å²) in [7, 11) is -1.76. The van der Waals surface area contributed by atoms with Crippen molar-refractivity contribution in [1.82, 2.24) is 9.03 Å². The van der Waals surface area contributed by atoms with Crippen molar-refractivity contribution in [2.75, 3.05) is 20.1 Å². The molecule has 5 nitrogen and oxygen atoms in total. The van der Waals surface area contributed by atoms with Gasteiger partial charge in [-0.1, -0.05) is 0 Å². The second-order valence-corrected chi connectivity index (χ2v) is 5.05. The third-order valence-corrected chi connectivity index (χ3v) is 3.24. The molecule has 13 heavy (non-hydrogen) atoms. The fraction of sp³-hybridized carbons (Fsp3) is 1.00. The normalized spacial score (nSPS) is 12.8. The minimum atomic E-state index is -3.30. The lowest BCUT2D eigenvalue weighted by Crippen LogP contribution is -2.42. The average Bonchev–Trinajstić information content (AvgIpc) is 1.97. The summed E-state index contributed by atoms with van der Waals surface area (Å²) in [6, 6.07) is -0.0784. The number of hydrogen-bond donors (Lipinski definition) is 2. The van der Waals surface area contributed by atoms with Gasteiger partial charge in [-0.3, -0.25) is 0 Å². The Morgan fingerprint density at radius 1 is 1.46 bits per heavy atom. The largest absolute Gasteiger partial charge is 0.330 e. The summed E-state index contributed by atoms with van der Waals surface area (Å²) in [5, 5.41) is 0. The minimum absolute atomic E-state index is 0.0784. The van der Waals surface area contributed by atoms with Gasteiger partial charge in [-0.2, -0.15) is 17.4 Å². The van der Waals surface area contributed by atoms with Crippen LogP contribution >= 0.6 is 0 Å². The number of nitrogens with zero attached hydrogens (tertiary/aromatic N) is 1. The molecule has 0 aromatic rings. The smallest absolute Gasteiger partial charge is 0.279 e. The summed E-state index contributed by atoms with van der Waals surface area (Å²) in [6.07, 6.45) is 0.676. The van der Waals surface area contributed by atoms with Gasteiger partial charge in [0.15, 0.2) is 0 Å². The van der Waals surface area contributed by atoms with E-state index < -0.39 is 10.2 Å². The summed E-state index contributed by atoms with van der Waals surface area (Å²) >= 11 is 0. The van der Waals surface area contributed by atoms with E-state index in [0.29, 0.717) is 19.5 Å². The van der Waals surface area contributed by atoms with E-state index >= 15 is 0 Å². The molecule has 0 aliphatic carbocycles. The first-order valence-corrected chi connectivity index (χ1v) is 5.78. The van der Waals surface area contributed by atoms with E-state index in [4.69, 9.17) is 5.73 Å². The second kappa shape index (κ2) is 5.54. The summed E-state index contributed by atoms with van der Waals surface area (Å²) < 4.78 is 26.6. The molecule has 0 radical (unpaired) electrons. The highest BCUT2D eigenvalue weighted by Crippen LogP contribution is 1.96. The fourth-order valence-corrected chi connectivity index (χ4v) is 1.97. The van der Waals surface area contributed by atoms with E-state index in [-0.39, 0.29) is 6.04 Å². The molecule has 0 fully saturated rings. The zero-order valence-electron chi connectivity index (χ0n) is 8.45. The predicted octanol–water partition coefficient (Wildman–Crippen LogP) is -0.490. The Balaban J connectivity index is 4.12. The van der Waals surface area contributed by atoms with E-state index in [2.05, 4.69) is 4.72 Å². The van der Waals surface area contributed by atoms with Crippen LogP contribution in [0.2, 0.25) is 0 Å². The SMILES string of the molecule is CC(C)NS(=O)(=O)N(C)CCCN. The van der Waals surface area contributed by atoms with Gasteiger partial charge in [0, 0.05) is 19.6 Å². The van der Waals surface area contributed by atoms with Crippen LogP contribution < -0.4 is 10.5 Å². The van der Waals surface area contributed by atoms with Gasteiger partial charge in [-0.25, -0.2) is 0 Å². The van der Waals surface area contributed by atoms with Crippen molar-refractivity contribution in [2.24, 2.45) is 5.73 Å². The van der Waals surface area contributed by atoms with Gasteiger partial charge in [0.1, 0.15) is 0 Å². The first-order chi connectivity index (χ1) is 5.90. The molecular weight excluding hydrogens is 190 g/mol. The van der Waals surface area contributed by atoms with Crippen LogP contribution in [0.4, 0.5) is 0 Å². The lowest BCUT2D eigenvalue weighted by Gasteiger charge is -2.18. The maximum Gasteiger partial charge on any atom is 0.279 e. The number of nitrogens with one attached hydrogen (secondary N) is 1. The fourth-order valence-electron chi connectivity index (χ4n) is 0.822. The molecular formula is C7H19N3O2S. The van der Waals surface area contributed by atoms with E-state index in [1.807, 2.05) is 0 Å². The zero-order valence-corrected chi connectivity index (χ0v) is 9.26.